The van der Waals surface area contributed by atoms with E-state index in [-0.39, 0.29) is 6.04 Å². The standard InChI is InChI=1S/C17H15BrClNO/c1-2-20-17(15-9-10-16(19)21-15)13-7-8-14(18)12-6-4-3-5-11(12)13/h3-10,17,20H,2H2,1H3. The second kappa shape index (κ2) is 6.22. The van der Waals surface area contributed by atoms with E-state index in [1.54, 1.807) is 6.07 Å². The molecule has 2 aromatic carbocycles. The topological polar surface area (TPSA) is 25.2 Å². The molecule has 1 N–H and O–H groups in total. The third kappa shape index (κ3) is 2.86. The van der Waals surface area contributed by atoms with E-state index in [0.29, 0.717) is 5.22 Å². The number of rotatable bonds is 4. The van der Waals surface area contributed by atoms with Gasteiger partial charge in [0.15, 0.2) is 5.22 Å². The fourth-order valence-electron chi connectivity index (χ4n) is 2.59. The van der Waals surface area contributed by atoms with Crippen molar-refractivity contribution < 1.29 is 4.42 Å². The van der Waals surface area contributed by atoms with E-state index in [1.165, 1.54) is 16.3 Å². The molecule has 2 nitrogen and oxygen atoms in total. The minimum atomic E-state index is -0.0134. The Hall–Kier alpha value is -1.29. The van der Waals surface area contributed by atoms with Gasteiger partial charge in [0.1, 0.15) is 5.76 Å². The molecule has 3 aromatic rings. The summed E-state index contributed by atoms with van der Waals surface area (Å²) in [4.78, 5) is 0. The summed E-state index contributed by atoms with van der Waals surface area (Å²) >= 11 is 9.55. The molecule has 3 rings (SSSR count). The van der Waals surface area contributed by atoms with Crippen LogP contribution in [0.25, 0.3) is 10.8 Å². The van der Waals surface area contributed by atoms with Crippen LogP contribution in [0.2, 0.25) is 5.22 Å². The molecule has 0 aliphatic rings. The molecule has 0 saturated heterocycles. The Labute approximate surface area is 137 Å². The largest absolute Gasteiger partial charge is 0.448 e. The monoisotopic (exact) mass is 363 g/mol. The molecule has 0 aliphatic carbocycles. The Morgan fingerprint density at radius 2 is 1.86 bits per heavy atom. The lowest BCUT2D eigenvalue weighted by molar-refractivity contribution is 0.455. The van der Waals surface area contributed by atoms with Crippen LogP contribution in [0, 0.1) is 0 Å². The number of benzene rings is 2. The predicted octanol–water partition coefficient (Wildman–Crippen LogP) is 5.55. The highest BCUT2D eigenvalue weighted by atomic mass is 79.9. The third-order valence-electron chi connectivity index (χ3n) is 3.50. The van der Waals surface area contributed by atoms with Gasteiger partial charge in [0.05, 0.1) is 6.04 Å². The molecule has 1 heterocycles. The predicted molar refractivity (Wildman–Crippen MR) is 90.9 cm³/mol. The van der Waals surface area contributed by atoms with Crippen molar-refractivity contribution in [2.24, 2.45) is 0 Å². The normalized spacial score (nSPS) is 12.7. The average molecular weight is 365 g/mol. The van der Waals surface area contributed by atoms with Gasteiger partial charge in [0.25, 0.3) is 0 Å². The van der Waals surface area contributed by atoms with E-state index < -0.39 is 0 Å². The highest BCUT2D eigenvalue weighted by Gasteiger charge is 2.19. The Morgan fingerprint density at radius 1 is 1.10 bits per heavy atom. The van der Waals surface area contributed by atoms with Gasteiger partial charge in [-0.25, -0.2) is 0 Å². The first-order valence-electron chi connectivity index (χ1n) is 6.86. The first-order valence-corrected chi connectivity index (χ1v) is 8.03. The lowest BCUT2D eigenvalue weighted by atomic mass is 9.97. The van der Waals surface area contributed by atoms with Gasteiger partial charge in [-0.2, -0.15) is 0 Å². The van der Waals surface area contributed by atoms with Crippen molar-refractivity contribution in [3.05, 3.63) is 69.5 Å². The lowest BCUT2D eigenvalue weighted by Gasteiger charge is -2.18. The second-order valence-electron chi connectivity index (χ2n) is 4.81. The molecule has 0 radical (unpaired) electrons. The molecule has 1 unspecified atom stereocenters. The average Bonchev–Trinajstić information content (AvgIpc) is 2.92. The van der Waals surface area contributed by atoms with Crippen LogP contribution in [0.5, 0.6) is 0 Å². The Kier molecular flexibility index (Phi) is 4.34. The molecule has 0 aliphatic heterocycles. The van der Waals surface area contributed by atoms with Crippen molar-refractivity contribution in [3.63, 3.8) is 0 Å². The van der Waals surface area contributed by atoms with Gasteiger partial charge >= 0.3 is 0 Å². The van der Waals surface area contributed by atoms with E-state index in [2.05, 4.69) is 58.5 Å². The van der Waals surface area contributed by atoms with Gasteiger partial charge in [-0.1, -0.05) is 53.2 Å². The van der Waals surface area contributed by atoms with Crippen LogP contribution in [0.1, 0.15) is 24.3 Å². The van der Waals surface area contributed by atoms with Crippen LogP contribution < -0.4 is 5.32 Å². The van der Waals surface area contributed by atoms with Crippen molar-refractivity contribution in [3.8, 4) is 0 Å². The molecule has 0 spiro atoms. The summed E-state index contributed by atoms with van der Waals surface area (Å²) in [6.45, 7) is 2.92. The maximum Gasteiger partial charge on any atom is 0.193 e. The van der Waals surface area contributed by atoms with Crippen LogP contribution in [0.4, 0.5) is 0 Å². The number of hydrogen-bond donors (Lipinski definition) is 1. The van der Waals surface area contributed by atoms with Crippen LogP contribution in [0.3, 0.4) is 0 Å². The Bertz CT molecular complexity index is 768. The maximum absolute atomic E-state index is 5.93. The smallest absolute Gasteiger partial charge is 0.193 e. The summed E-state index contributed by atoms with van der Waals surface area (Å²) in [6.07, 6.45) is 0. The fourth-order valence-corrected chi connectivity index (χ4v) is 3.22. The Balaban J connectivity index is 2.18. The first kappa shape index (κ1) is 14.6. The van der Waals surface area contributed by atoms with E-state index in [1.807, 2.05) is 12.1 Å². The summed E-state index contributed by atoms with van der Waals surface area (Å²) in [5, 5.41) is 6.27. The summed E-state index contributed by atoms with van der Waals surface area (Å²) < 4.78 is 6.72. The highest BCUT2D eigenvalue weighted by Crippen LogP contribution is 2.34. The third-order valence-corrected chi connectivity index (χ3v) is 4.40. The van der Waals surface area contributed by atoms with Crippen LogP contribution in [0.15, 0.2) is 57.4 Å². The van der Waals surface area contributed by atoms with Crippen molar-refractivity contribution in [1.29, 1.82) is 0 Å². The summed E-state index contributed by atoms with van der Waals surface area (Å²) in [6, 6.07) is 16.2. The Morgan fingerprint density at radius 3 is 2.52 bits per heavy atom. The van der Waals surface area contributed by atoms with Crippen LogP contribution >= 0.6 is 27.5 Å². The number of nitrogens with one attached hydrogen (secondary N) is 1. The molecule has 0 bridgehead atoms. The first-order chi connectivity index (χ1) is 10.2. The number of hydrogen-bond acceptors (Lipinski definition) is 2. The summed E-state index contributed by atoms with van der Waals surface area (Å²) in [5.74, 6) is 0.828. The van der Waals surface area contributed by atoms with Gasteiger partial charge in [0, 0.05) is 4.47 Å². The van der Waals surface area contributed by atoms with Crippen molar-refractivity contribution >= 4 is 38.3 Å². The number of halogens is 2. The molecule has 108 valence electrons. The van der Waals surface area contributed by atoms with E-state index in [9.17, 15) is 0 Å². The second-order valence-corrected chi connectivity index (χ2v) is 6.04. The van der Waals surface area contributed by atoms with Crippen LogP contribution in [-0.2, 0) is 0 Å². The minimum absolute atomic E-state index is 0.0134. The zero-order valence-electron chi connectivity index (χ0n) is 11.6. The van der Waals surface area contributed by atoms with Gasteiger partial charge in [-0.3, -0.25) is 0 Å². The van der Waals surface area contributed by atoms with Crippen molar-refractivity contribution in [2.45, 2.75) is 13.0 Å². The molecule has 4 heteroatoms. The van der Waals surface area contributed by atoms with Gasteiger partial charge in [-0.15, -0.1) is 0 Å². The number of fused-ring (bicyclic) bond motifs is 1. The molecule has 0 saturated carbocycles. The molecule has 0 amide bonds. The molecular formula is C17H15BrClNO. The van der Waals surface area contributed by atoms with Crippen molar-refractivity contribution in [1.82, 2.24) is 5.32 Å². The molecular weight excluding hydrogens is 350 g/mol. The van der Waals surface area contributed by atoms with E-state index in [0.717, 1.165) is 16.8 Å². The highest BCUT2D eigenvalue weighted by molar-refractivity contribution is 9.10. The van der Waals surface area contributed by atoms with Crippen LogP contribution in [-0.4, -0.2) is 6.54 Å². The molecule has 0 fully saturated rings. The summed E-state index contributed by atoms with van der Waals surface area (Å²) in [7, 11) is 0. The van der Waals surface area contributed by atoms with E-state index in [4.69, 9.17) is 16.0 Å². The minimum Gasteiger partial charge on any atom is -0.448 e. The lowest BCUT2D eigenvalue weighted by Crippen LogP contribution is -2.21. The SMILES string of the molecule is CCNC(c1ccc(Cl)o1)c1ccc(Br)c2ccccc12. The van der Waals surface area contributed by atoms with Crippen molar-refractivity contribution in [2.75, 3.05) is 6.54 Å². The van der Waals surface area contributed by atoms with Gasteiger partial charge in [0.2, 0.25) is 0 Å². The fraction of sp³-hybridized carbons (Fsp3) is 0.176. The molecule has 21 heavy (non-hydrogen) atoms. The number of furan rings is 1. The van der Waals surface area contributed by atoms with Gasteiger partial charge in [-0.05, 0) is 52.7 Å². The van der Waals surface area contributed by atoms with Gasteiger partial charge < -0.3 is 9.73 Å². The quantitative estimate of drug-likeness (QED) is 0.657. The zero-order valence-corrected chi connectivity index (χ0v) is 13.9. The zero-order chi connectivity index (χ0) is 14.8. The van der Waals surface area contributed by atoms with E-state index >= 15 is 0 Å². The maximum atomic E-state index is 5.93. The molecule has 1 aromatic heterocycles. The molecule has 1 atom stereocenters. The summed E-state index contributed by atoms with van der Waals surface area (Å²) in [5.41, 5.74) is 1.18.